The summed E-state index contributed by atoms with van der Waals surface area (Å²) in [6.07, 6.45) is 0. The second kappa shape index (κ2) is 6.85. The van der Waals surface area contributed by atoms with Crippen molar-refractivity contribution in [3.05, 3.63) is 52.6 Å². The minimum absolute atomic E-state index is 0.137. The highest BCUT2D eigenvalue weighted by Crippen LogP contribution is 2.16. The lowest BCUT2D eigenvalue weighted by Crippen LogP contribution is -2.21. The Morgan fingerprint density at radius 2 is 1.90 bits per heavy atom. The monoisotopic (exact) mass is 350 g/mol. The maximum absolute atomic E-state index is 11.7. The quantitative estimate of drug-likeness (QED) is 0.864. The zero-order valence-electron chi connectivity index (χ0n) is 10.7. The molecular weight excluding hydrogens is 340 g/mol. The van der Waals surface area contributed by atoms with Crippen LogP contribution >= 0.6 is 15.9 Å². The van der Waals surface area contributed by atoms with Crippen LogP contribution < -0.4 is 10.1 Å². The average molecular weight is 351 g/mol. The molecule has 0 saturated heterocycles. The molecule has 1 amide bonds. The fraction of sp³-hybridized carbons (Fsp3) is 0.0714. The summed E-state index contributed by atoms with van der Waals surface area (Å²) in [7, 11) is 0. The van der Waals surface area contributed by atoms with Gasteiger partial charge in [0, 0.05) is 4.47 Å². The predicted octanol–water partition coefficient (Wildman–Crippen LogP) is 2.56. The van der Waals surface area contributed by atoms with Crippen molar-refractivity contribution >= 4 is 33.6 Å². The first-order valence-electron chi connectivity index (χ1n) is 5.93. The van der Waals surface area contributed by atoms with Crippen molar-refractivity contribution in [2.75, 3.05) is 11.9 Å². The summed E-state index contributed by atoms with van der Waals surface area (Å²) in [5.41, 5.74) is -0.137. The topological polar surface area (TPSA) is 88.5 Å². The van der Waals surface area contributed by atoms with Crippen LogP contribution in [0.15, 0.2) is 46.9 Å². The number of hydrogen-bond donors (Lipinski definition) is 2. The van der Waals surface area contributed by atoms with E-state index in [1.807, 2.05) is 0 Å². The summed E-state index contributed by atoms with van der Waals surface area (Å²) < 4.78 is 6.21. The number of carbonyl (C=O) groups excluding carboxylic acids is 1. The third-order valence-electron chi connectivity index (χ3n) is 2.42. The predicted molar refractivity (Wildman–Crippen MR) is 79.5 cm³/mol. The van der Waals surface area contributed by atoms with E-state index in [1.54, 1.807) is 24.3 Å². The van der Waals surface area contributed by atoms with Gasteiger partial charge in [0.15, 0.2) is 12.3 Å². The third-order valence-corrected chi connectivity index (χ3v) is 2.95. The van der Waals surface area contributed by atoms with E-state index in [0.717, 1.165) is 4.47 Å². The Balaban J connectivity index is 1.91. The lowest BCUT2D eigenvalue weighted by atomic mass is 10.3. The molecule has 0 atom stereocenters. The second-order valence-corrected chi connectivity index (χ2v) is 4.92. The lowest BCUT2D eigenvalue weighted by Gasteiger charge is -2.07. The number of carboxylic acid groups (broad SMARTS) is 1. The molecule has 1 aromatic heterocycles. The van der Waals surface area contributed by atoms with Gasteiger partial charge in [0.25, 0.3) is 5.91 Å². The number of anilines is 1. The number of hydrogen-bond acceptors (Lipinski definition) is 4. The van der Waals surface area contributed by atoms with Crippen LogP contribution in [0.4, 0.5) is 5.82 Å². The molecular formula is C14H11BrN2O4. The molecule has 0 unspecified atom stereocenters. The van der Waals surface area contributed by atoms with Crippen molar-refractivity contribution in [1.29, 1.82) is 0 Å². The molecule has 2 N–H and O–H groups in total. The molecule has 0 fully saturated rings. The molecule has 2 aromatic rings. The van der Waals surface area contributed by atoms with Gasteiger partial charge in [-0.25, -0.2) is 9.78 Å². The lowest BCUT2D eigenvalue weighted by molar-refractivity contribution is -0.118. The Kier molecular flexibility index (Phi) is 4.89. The summed E-state index contributed by atoms with van der Waals surface area (Å²) >= 11 is 3.30. The molecule has 0 aliphatic carbocycles. The molecule has 0 aliphatic rings. The SMILES string of the molecule is O=C(COc1ccc(Br)cc1)Nc1cccc(C(=O)O)n1. The second-order valence-electron chi connectivity index (χ2n) is 4.00. The minimum Gasteiger partial charge on any atom is -0.484 e. The van der Waals surface area contributed by atoms with Gasteiger partial charge in [0.05, 0.1) is 0 Å². The van der Waals surface area contributed by atoms with Crippen molar-refractivity contribution in [2.24, 2.45) is 0 Å². The third kappa shape index (κ3) is 4.57. The summed E-state index contributed by atoms with van der Waals surface area (Å²) in [4.78, 5) is 26.3. The fourth-order valence-corrected chi connectivity index (χ4v) is 1.75. The summed E-state index contributed by atoms with van der Waals surface area (Å²) in [6, 6.07) is 11.4. The molecule has 0 radical (unpaired) electrons. The highest BCUT2D eigenvalue weighted by atomic mass is 79.9. The van der Waals surface area contributed by atoms with Gasteiger partial charge in [0.2, 0.25) is 0 Å². The van der Waals surface area contributed by atoms with Gasteiger partial charge in [-0.2, -0.15) is 0 Å². The number of halogens is 1. The highest BCUT2D eigenvalue weighted by Gasteiger charge is 2.08. The number of benzene rings is 1. The van der Waals surface area contributed by atoms with Gasteiger partial charge in [0.1, 0.15) is 11.6 Å². The normalized spacial score (nSPS) is 9.95. The van der Waals surface area contributed by atoms with Gasteiger partial charge in [-0.15, -0.1) is 0 Å². The molecule has 0 spiro atoms. The molecule has 1 heterocycles. The zero-order valence-corrected chi connectivity index (χ0v) is 12.3. The highest BCUT2D eigenvalue weighted by molar-refractivity contribution is 9.10. The van der Waals surface area contributed by atoms with E-state index in [-0.39, 0.29) is 18.1 Å². The van der Waals surface area contributed by atoms with Crippen LogP contribution in [0, 0.1) is 0 Å². The number of pyridine rings is 1. The Labute approximate surface area is 128 Å². The number of aromatic carboxylic acids is 1. The largest absolute Gasteiger partial charge is 0.484 e. The molecule has 108 valence electrons. The number of carboxylic acids is 1. The van der Waals surface area contributed by atoms with E-state index in [4.69, 9.17) is 9.84 Å². The number of nitrogens with one attached hydrogen (secondary N) is 1. The van der Waals surface area contributed by atoms with Crippen LogP contribution in [0.3, 0.4) is 0 Å². The number of amides is 1. The first-order chi connectivity index (χ1) is 10.0. The maximum Gasteiger partial charge on any atom is 0.354 e. The van der Waals surface area contributed by atoms with Crippen LogP contribution in [0.5, 0.6) is 5.75 Å². The van der Waals surface area contributed by atoms with Crippen LogP contribution in [-0.4, -0.2) is 28.6 Å². The number of carbonyl (C=O) groups is 2. The van der Waals surface area contributed by atoms with Gasteiger partial charge < -0.3 is 15.2 Å². The van der Waals surface area contributed by atoms with Crippen molar-refractivity contribution in [3.8, 4) is 5.75 Å². The smallest absolute Gasteiger partial charge is 0.354 e. The minimum atomic E-state index is -1.16. The molecule has 1 aromatic carbocycles. The molecule has 2 rings (SSSR count). The van der Waals surface area contributed by atoms with Gasteiger partial charge in [-0.3, -0.25) is 4.79 Å². The van der Waals surface area contributed by atoms with E-state index < -0.39 is 11.9 Å². The van der Waals surface area contributed by atoms with E-state index >= 15 is 0 Å². The first kappa shape index (κ1) is 15.0. The average Bonchev–Trinajstić information content (AvgIpc) is 2.47. The molecule has 0 aliphatic heterocycles. The number of aromatic nitrogens is 1. The van der Waals surface area contributed by atoms with Crippen molar-refractivity contribution in [3.63, 3.8) is 0 Å². The van der Waals surface area contributed by atoms with Crippen LogP contribution in [0.2, 0.25) is 0 Å². The maximum atomic E-state index is 11.7. The number of rotatable bonds is 5. The van der Waals surface area contributed by atoms with Gasteiger partial charge >= 0.3 is 5.97 Å². The summed E-state index contributed by atoms with van der Waals surface area (Å²) in [6.45, 7) is -0.194. The van der Waals surface area contributed by atoms with E-state index in [0.29, 0.717) is 5.75 Å². The molecule has 0 saturated carbocycles. The van der Waals surface area contributed by atoms with Crippen LogP contribution in [-0.2, 0) is 4.79 Å². The number of ether oxygens (including phenoxy) is 1. The Morgan fingerprint density at radius 3 is 2.57 bits per heavy atom. The van der Waals surface area contributed by atoms with Crippen molar-refractivity contribution < 1.29 is 19.4 Å². The Hall–Kier alpha value is -2.41. The van der Waals surface area contributed by atoms with Crippen molar-refractivity contribution in [1.82, 2.24) is 4.98 Å². The van der Waals surface area contributed by atoms with Gasteiger partial charge in [-0.05, 0) is 36.4 Å². The van der Waals surface area contributed by atoms with Gasteiger partial charge in [-0.1, -0.05) is 22.0 Å². The molecule has 6 nitrogen and oxygen atoms in total. The number of nitrogens with zero attached hydrogens (tertiary/aromatic N) is 1. The van der Waals surface area contributed by atoms with E-state index in [9.17, 15) is 9.59 Å². The summed E-state index contributed by atoms with van der Waals surface area (Å²) in [5, 5.41) is 11.3. The van der Waals surface area contributed by atoms with Crippen molar-refractivity contribution in [2.45, 2.75) is 0 Å². The molecule has 7 heteroatoms. The fourth-order valence-electron chi connectivity index (χ4n) is 1.48. The summed E-state index contributed by atoms with van der Waals surface area (Å²) in [5.74, 6) is -0.856. The Bertz CT molecular complexity index is 658. The zero-order chi connectivity index (χ0) is 15.2. The van der Waals surface area contributed by atoms with E-state index in [1.165, 1.54) is 18.2 Å². The Morgan fingerprint density at radius 1 is 1.19 bits per heavy atom. The first-order valence-corrected chi connectivity index (χ1v) is 6.72. The molecule has 21 heavy (non-hydrogen) atoms. The van der Waals surface area contributed by atoms with Crippen LogP contribution in [0.1, 0.15) is 10.5 Å². The van der Waals surface area contributed by atoms with Crippen LogP contribution in [0.25, 0.3) is 0 Å². The standard InChI is InChI=1S/C14H11BrN2O4/c15-9-4-6-10(7-5-9)21-8-13(18)17-12-3-1-2-11(16-12)14(19)20/h1-7H,8H2,(H,19,20)(H,16,17,18). The van der Waals surface area contributed by atoms with E-state index in [2.05, 4.69) is 26.2 Å². The molecule has 0 bridgehead atoms.